The summed E-state index contributed by atoms with van der Waals surface area (Å²) >= 11 is 3.36. The molecule has 0 aliphatic carbocycles. The molecule has 7 nitrogen and oxygen atoms in total. The molecule has 1 aliphatic heterocycles. The van der Waals surface area contributed by atoms with Crippen LogP contribution in [0.4, 0.5) is 5.69 Å². The lowest BCUT2D eigenvalue weighted by Crippen LogP contribution is -2.35. The second kappa shape index (κ2) is 6.21. The number of amides is 1. The zero-order chi connectivity index (χ0) is 17.4. The highest BCUT2D eigenvalue weighted by Gasteiger charge is 2.27. The number of para-hydroxylation sites is 2. The first-order chi connectivity index (χ1) is 12.1. The summed E-state index contributed by atoms with van der Waals surface area (Å²) in [6.07, 6.45) is -0.877. The fraction of sp³-hybridized carbons (Fsp3) is 0.118. The normalized spacial score (nSPS) is 16.4. The predicted octanol–water partition coefficient (Wildman–Crippen LogP) is 4.09. The molecule has 2 heterocycles. The van der Waals surface area contributed by atoms with Gasteiger partial charge < -0.3 is 19.6 Å². The van der Waals surface area contributed by atoms with E-state index in [1.807, 2.05) is 12.1 Å². The summed E-state index contributed by atoms with van der Waals surface area (Å²) in [5, 5.41) is 18.2. The molecular weight excluding hydrogens is 390 g/mol. The van der Waals surface area contributed by atoms with E-state index in [2.05, 4.69) is 31.1 Å². The number of hydrogen-bond donors (Lipinski definition) is 2. The van der Waals surface area contributed by atoms with Gasteiger partial charge in [0.1, 0.15) is 6.61 Å². The van der Waals surface area contributed by atoms with Gasteiger partial charge >= 0.3 is 5.91 Å². The predicted molar refractivity (Wildman–Crippen MR) is 93.5 cm³/mol. The van der Waals surface area contributed by atoms with Crippen molar-refractivity contribution in [2.24, 2.45) is 10.2 Å². The number of H-pyrrole nitrogens is 1. The molecule has 0 spiro atoms. The minimum absolute atomic E-state index is 0.0558. The molecule has 1 amide bonds. The van der Waals surface area contributed by atoms with E-state index < -0.39 is 12.0 Å². The van der Waals surface area contributed by atoms with Crippen LogP contribution in [0.1, 0.15) is 0 Å². The maximum atomic E-state index is 12.3. The molecule has 0 radical (unpaired) electrons. The minimum Gasteiger partial charge on any atom is -0.493 e. The molecule has 3 aromatic rings. The Kier molecular flexibility index (Phi) is 3.89. The summed E-state index contributed by atoms with van der Waals surface area (Å²) in [5.41, 5.74) is 0.884. The monoisotopic (exact) mass is 401 g/mol. The van der Waals surface area contributed by atoms with Crippen LogP contribution in [-0.4, -0.2) is 28.7 Å². The Balaban J connectivity index is 1.57. The van der Waals surface area contributed by atoms with Gasteiger partial charge in [-0.2, -0.15) is 0 Å². The van der Waals surface area contributed by atoms with Gasteiger partial charge in [-0.3, -0.25) is 4.79 Å². The summed E-state index contributed by atoms with van der Waals surface area (Å²) in [4.78, 5) is 15.0. The van der Waals surface area contributed by atoms with Gasteiger partial charge in [0.25, 0.3) is 0 Å². The quantitative estimate of drug-likeness (QED) is 0.632. The molecule has 4 rings (SSSR count). The molecular formula is C17H12BrN3O4. The fourth-order valence-electron chi connectivity index (χ4n) is 2.54. The number of fused-ring (bicyclic) bond motifs is 2. The number of benzene rings is 2. The highest BCUT2D eigenvalue weighted by molar-refractivity contribution is 9.10. The van der Waals surface area contributed by atoms with Crippen LogP contribution in [0, 0.1) is 0 Å². The summed E-state index contributed by atoms with van der Waals surface area (Å²) in [6.45, 7) is 0.0558. The Hall–Kier alpha value is -2.87. The van der Waals surface area contributed by atoms with Crippen molar-refractivity contribution in [1.82, 2.24) is 4.98 Å². The second-order valence-corrected chi connectivity index (χ2v) is 6.33. The number of azo groups is 1. The van der Waals surface area contributed by atoms with Gasteiger partial charge in [0.05, 0.1) is 5.52 Å². The number of nitrogens with one attached hydrogen (secondary N) is 1. The van der Waals surface area contributed by atoms with Crippen LogP contribution in [0.2, 0.25) is 0 Å². The average Bonchev–Trinajstić information content (AvgIpc) is 2.93. The molecule has 25 heavy (non-hydrogen) atoms. The van der Waals surface area contributed by atoms with Crippen molar-refractivity contribution in [3.63, 3.8) is 0 Å². The standard InChI is InChI=1S/C17H12BrN3O4/c18-9-5-6-11-10(7-9)15(17(23)19-11)20-21-16(22)14-8-24-12-3-1-2-4-13(12)25-14/h1-7,14,19,23H,8H2/t14-/m1/s1. The van der Waals surface area contributed by atoms with Crippen LogP contribution in [0.3, 0.4) is 0 Å². The molecule has 0 bridgehead atoms. The number of carbonyl (C=O) groups excluding carboxylic acids is 1. The fourth-order valence-corrected chi connectivity index (χ4v) is 2.90. The van der Waals surface area contributed by atoms with Crippen molar-refractivity contribution < 1.29 is 19.4 Å². The largest absolute Gasteiger partial charge is 0.493 e. The van der Waals surface area contributed by atoms with E-state index in [0.717, 1.165) is 4.47 Å². The van der Waals surface area contributed by atoms with Crippen molar-refractivity contribution in [2.45, 2.75) is 6.10 Å². The maximum Gasteiger partial charge on any atom is 0.308 e. The number of nitrogens with zero attached hydrogens (tertiary/aromatic N) is 2. The highest BCUT2D eigenvalue weighted by atomic mass is 79.9. The third kappa shape index (κ3) is 2.96. The van der Waals surface area contributed by atoms with Crippen LogP contribution in [0.15, 0.2) is 57.2 Å². The summed E-state index contributed by atoms with van der Waals surface area (Å²) in [5.74, 6) is 0.331. The van der Waals surface area contributed by atoms with Crippen LogP contribution >= 0.6 is 15.9 Å². The topological polar surface area (TPSA) is 96.3 Å². The Bertz CT molecular complexity index is 999. The summed E-state index contributed by atoms with van der Waals surface area (Å²) in [6, 6.07) is 12.5. The van der Waals surface area contributed by atoms with Gasteiger partial charge in [0.2, 0.25) is 12.0 Å². The number of aromatic amines is 1. The Morgan fingerprint density at radius 1 is 1.24 bits per heavy atom. The molecule has 126 valence electrons. The first-order valence-corrected chi connectivity index (χ1v) is 8.25. The molecule has 1 aliphatic rings. The number of carbonyl (C=O) groups is 1. The molecule has 0 saturated heterocycles. The number of halogens is 1. The first-order valence-electron chi connectivity index (χ1n) is 7.46. The van der Waals surface area contributed by atoms with Crippen molar-refractivity contribution >= 4 is 38.4 Å². The Morgan fingerprint density at radius 3 is 2.88 bits per heavy atom. The molecule has 2 aromatic carbocycles. The number of aromatic hydroxyl groups is 1. The molecule has 1 aromatic heterocycles. The van der Waals surface area contributed by atoms with Crippen LogP contribution in [0.25, 0.3) is 10.9 Å². The Labute approximate surface area is 150 Å². The summed E-state index contributed by atoms with van der Waals surface area (Å²) in [7, 11) is 0. The lowest BCUT2D eigenvalue weighted by molar-refractivity contribution is -0.127. The van der Waals surface area contributed by atoms with Crippen LogP contribution in [-0.2, 0) is 4.79 Å². The first kappa shape index (κ1) is 15.6. The zero-order valence-corrected chi connectivity index (χ0v) is 14.4. The third-order valence-corrected chi connectivity index (χ3v) is 4.24. The third-order valence-electron chi connectivity index (χ3n) is 3.75. The molecule has 0 saturated carbocycles. The summed E-state index contributed by atoms with van der Waals surface area (Å²) < 4.78 is 11.9. The Morgan fingerprint density at radius 2 is 2.04 bits per heavy atom. The number of rotatable bonds is 2. The number of ether oxygens (including phenoxy) is 2. The average molecular weight is 402 g/mol. The minimum atomic E-state index is -0.877. The molecule has 0 fully saturated rings. The van der Waals surface area contributed by atoms with E-state index in [4.69, 9.17) is 9.47 Å². The maximum absolute atomic E-state index is 12.3. The van der Waals surface area contributed by atoms with Gasteiger partial charge in [-0.25, -0.2) is 0 Å². The van der Waals surface area contributed by atoms with Gasteiger partial charge in [-0.05, 0) is 30.3 Å². The lowest BCUT2D eigenvalue weighted by Gasteiger charge is -2.23. The van der Waals surface area contributed by atoms with E-state index in [1.165, 1.54) is 0 Å². The van der Waals surface area contributed by atoms with Crippen LogP contribution < -0.4 is 9.47 Å². The van der Waals surface area contributed by atoms with E-state index in [-0.39, 0.29) is 18.2 Å². The number of aromatic nitrogens is 1. The SMILES string of the molecule is O=C(N=Nc1c(O)[nH]c2ccc(Br)cc12)[C@H]1COc2ccccc2O1. The van der Waals surface area contributed by atoms with E-state index in [9.17, 15) is 9.90 Å². The highest BCUT2D eigenvalue weighted by Crippen LogP contribution is 2.37. The van der Waals surface area contributed by atoms with Crippen molar-refractivity contribution in [3.05, 3.63) is 46.9 Å². The molecule has 2 N–H and O–H groups in total. The van der Waals surface area contributed by atoms with Gasteiger partial charge in [-0.1, -0.05) is 28.1 Å². The molecule has 1 atom stereocenters. The number of hydrogen-bond acceptors (Lipinski definition) is 5. The van der Waals surface area contributed by atoms with Crippen LogP contribution in [0.5, 0.6) is 17.4 Å². The smallest absolute Gasteiger partial charge is 0.308 e. The van der Waals surface area contributed by atoms with Gasteiger partial charge in [-0.15, -0.1) is 10.2 Å². The molecule has 8 heteroatoms. The van der Waals surface area contributed by atoms with E-state index in [0.29, 0.717) is 22.4 Å². The van der Waals surface area contributed by atoms with Crippen molar-refractivity contribution in [3.8, 4) is 17.4 Å². The molecule has 0 unspecified atom stereocenters. The zero-order valence-electron chi connectivity index (χ0n) is 12.8. The van der Waals surface area contributed by atoms with E-state index >= 15 is 0 Å². The van der Waals surface area contributed by atoms with E-state index in [1.54, 1.807) is 30.3 Å². The van der Waals surface area contributed by atoms with Crippen molar-refractivity contribution in [1.29, 1.82) is 0 Å². The van der Waals surface area contributed by atoms with Gasteiger partial charge in [0, 0.05) is 9.86 Å². The van der Waals surface area contributed by atoms with Crippen molar-refractivity contribution in [2.75, 3.05) is 6.61 Å². The second-order valence-electron chi connectivity index (χ2n) is 5.41. The van der Waals surface area contributed by atoms with Gasteiger partial charge in [0.15, 0.2) is 17.2 Å². The lowest BCUT2D eigenvalue weighted by atomic mass is 10.2.